The van der Waals surface area contributed by atoms with Crippen molar-refractivity contribution in [2.75, 3.05) is 0 Å². The Morgan fingerprint density at radius 2 is 2.28 bits per heavy atom. The Hall–Kier alpha value is -2.17. The summed E-state index contributed by atoms with van der Waals surface area (Å²) in [4.78, 5) is 15.1. The van der Waals surface area contributed by atoms with Crippen LogP contribution < -0.4 is 5.73 Å². The fourth-order valence-corrected chi connectivity index (χ4v) is 2.05. The molecule has 1 fully saturated rings. The molecule has 92 valence electrons. The molecule has 2 N–H and O–H groups in total. The van der Waals surface area contributed by atoms with Crippen LogP contribution in [0.25, 0.3) is 11.1 Å². The van der Waals surface area contributed by atoms with Gasteiger partial charge < -0.3 is 5.73 Å². The lowest BCUT2D eigenvalue weighted by Crippen LogP contribution is -2.14. The SMILES string of the molecule is NC(=O)Cc1cnccc1-c1cnn(C2CC2)c1. The van der Waals surface area contributed by atoms with Gasteiger partial charge in [0, 0.05) is 24.2 Å². The molecule has 0 atom stereocenters. The fraction of sp³-hybridized carbons (Fsp3) is 0.308. The van der Waals surface area contributed by atoms with Crippen molar-refractivity contribution in [3.63, 3.8) is 0 Å². The Kier molecular flexibility index (Phi) is 2.59. The summed E-state index contributed by atoms with van der Waals surface area (Å²) in [6.07, 6.45) is 9.87. The van der Waals surface area contributed by atoms with Crippen LogP contribution >= 0.6 is 0 Å². The molecular formula is C13H14N4O. The zero-order valence-electron chi connectivity index (χ0n) is 9.91. The quantitative estimate of drug-likeness (QED) is 0.878. The maximum absolute atomic E-state index is 11.0. The number of primary amides is 1. The lowest BCUT2D eigenvalue weighted by atomic mass is 10.0. The minimum Gasteiger partial charge on any atom is -0.369 e. The van der Waals surface area contributed by atoms with Gasteiger partial charge in [0.15, 0.2) is 0 Å². The predicted molar refractivity (Wildman–Crippen MR) is 66.6 cm³/mol. The second-order valence-electron chi connectivity index (χ2n) is 4.62. The number of hydrogen-bond donors (Lipinski definition) is 1. The van der Waals surface area contributed by atoms with Gasteiger partial charge in [0.1, 0.15) is 0 Å². The van der Waals surface area contributed by atoms with E-state index in [1.165, 1.54) is 12.8 Å². The molecule has 0 aromatic carbocycles. The first kappa shape index (κ1) is 11.0. The Balaban J connectivity index is 1.96. The number of amides is 1. The first-order valence-electron chi connectivity index (χ1n) is 6.00. The number of carbonyl (C=O) groups excluding carboxylic acids is 1. The lowest BCUT2D eigenvalue weighted by Gasteiger charge is -2.04. The average Bonchev–Trinajstić information content (AvgIpc) is 3.08. The molecule has 0 aliphatic heterocycles. The van der Waals surface area contributed by atoms with E-state index >= 15 is 0 Å². The molecule has 18 heavy (non-hydrogen) atoms. The van der Waals surface area contributed by atoms with Crippen molar-refractivity contribution >= 4 is 5.91 Å². The summed E-state index contributed by atoms with van der Waals surface area (Å²) in [6, 6.07) is 2.45. The Bertz CT molecular complexity index is 586. The molecule has 1 amide bonds. The molecule has 2 heterocycles. The van der Waals surface area contributed by atoms with Gasteiger partial charge in [-0.2, -0.15) is 5.10 Å². The topological polar surface area (TPSA) is 73.8 Å². The van der Waals surface area contributed by atoms with Gasteiger partial charge in [0.05, 0.1) is 18.7 Å². The molecule has 0 bridgehead atoms. The van der Waals surface area contributed by atoms with Crippen LogP contribution in [0, 0.1) is 0 Å². The molecule has 3 rings (SSSR count). The minimum absolute atomic E-state index is 0.206. The largest absolute Gasteiger partial charge is 0.369 e. The molecule has 5 nitrogen and oxygen atoms in total. The van der Waals surface area contributed by atoms with E-state index in [4.69, 9.17) is 5.73 Å². The van der Waals surface area contributed by atoms with E-state index in [0.717, 1.165) is 16.7 Å². The number of nitrogens with two attached hydrogens (primary N) is 1. The molecule has 1 aliphatic rings. The summed E-state index contributed by atoms with van der Waals surface area (Å²) in [5.41, 5.74) is 8.09. The van der Waals surface area contributed by atoms with Gasteiger partial charge in [-0.05, 0) is 30.0 Å². The summed E-state index contributed by atoms with van der Waals surface area (Å²) < 4.78 is 1.99. The van der Waals surface area contributed by atoms with E-state index in [1.807, 2.05) is 23.1 Å². The van der Waals surface area contributed by atoms with Crippen molar-refractivity contribution in [3.05, 3.63) is 36.4 Å². The fourth-order valence-electron chi connectivity index (χ4n) is 2.05. The van der Waals surface area contributed by atoms with E-state index in [0.29, 0.717) is 6.04 Å². The first-order valence-corrected chi connectivity index (χ1v) is 6.00. The van der Waals surface area contributed by atoms with E-state index < -0.39 is 0 Å². The number of carbonyl (C=O) groups is 1. The summed E-state index contributed by atoms with van der Waals surface area (Å²) in [5, 5.41) is 4.35. The molecule has 1 aliphatic carbocycles. The maximum atomic E-state index is 11.0. The summed E-state index contributed by atoms with van der Waals surface area (Å²) in [7, 11) is 0. The van der Waals surface area contributed by atoms with Gasteiger partial charge in [-0.3, -0.25) is 14.5 Å². The standard InChI is InChI=1S/C13H14N4O/c14-13(18)5-9-6-15-4-3-12(9)10-7-16-17(8-10)11-1-2-11/h3-4,6-8,11H,1-2,5H2,(H2,14,18). The van der Waals surface area contributed by atoms with Crippen LogP contribution in [0.2, 0.25) is 0 Å². The summed E-state index contributed by atoms with van der Waals surface area (Å²) in [6.45, 7) is 0. The summed E-state index contributed by atoms with van der Waals surface area (Å²) >= 11 is 0. The van der Waals surface area contributed by atoms with Crippen molar-refractivity contribution in [2.24, 2.45) is 5.73 Å². The number of nitrogens with zero attached hydrogens (tertiary/aromatic N) is 3. The Morgan fingerprint density at radius 1 is 1.44 bits per heavy atom. The number of aromatic nitrogens is 3. The maximum Gasteiger partial charge on any atom is 0.221 e. The molecular weight excluding hydrogens is 228 g/mol. The van der Waals surface area contributed by atoms with E-state index in [1.54, 1.807) is 12.4 Å². The number of pyridine rings is 1. The Morgan fingerprint density at radius 3 is 3.00 bits per heavy atom. The molecule has 0 saturated heterocycles. The van der Waals surface area contributed by atoms with Crippen molar-refractivity contribution in [1.29, 1.82) is 0 Å². The highest BCUT2D eigenvalue weighted by atomic mass is 16.1. The van der Waals surface area contributed by atoms with Gasteiger partial charge in [-0.15, -0.1) is 0 Å². The lowest BCUT2D eigenvalue weighted by molar-refractivity contribution is -0.117. The van der Waals surface area contributed by atoms with Crippen LogP contribution in [-0.2, 0) is 11.2 Å². The van der Waals surface area contributed by atoms with Crippen LogP contribution in [0.3, 0.4) is 0 Å². The zero-order chi connectivity index (χ0) is 12.5. The summed E-state index contributed by atoms with van der Waals surface area (Å²) in [5.74, 6) is -0.348. The first-order chi connectivity index (χ1) is 8.74. The zero-order valence-corrected chi connectivity index (χ0v) is 9.91. The van der Waals surface area contributed by atoms with Crippen LogP contribution in [0.5, 0.6) is 0 Å². The van der Waals surface area contributed by atoms with Crippen LogP contribution in [0.1, 0.15) is 24.4 Å². The highest BCUT2D eigenvalue weighted by molar-refractivity contribution is 5.80. The van der Waals surface area contributed by atoms with E-state index in [9.17, 15) is 4.79 Å². The molecule has 0 spiro atoms. The molecule has 2 aromatic rings. The normalized spacial score (nSPS) is 14.7. The monoisotopic (exact) mass is 242 g/mol. The van der Waals surface area contributed by atoms with Gasteiger partial charge in [0.2, 0.25) is 5.91 Å². The van der Waals surface area contributed by atoms with Crippen LogP contribution in [0.4, 0.5) is 0 Å². The third-order valence-corrected chi connectivity index (χ3v) is 3.10. The predicted octanol–water partition coefficient (Wildman–Crippen LogP) is 1.31. The highest BCUT2D eigenvalue weighted by Crippen LogP contribution is 2.35. The molecule has 0 unspecified atom stereocenters. The van der Waals surface area contributed by atoms with Crippen molar-refractivity contribution < 1.29 is 4.79 Å². The van der Waals surface area contributed by atoms with Gasteiger partial charge in [-0.1, -0.05) is 0 Å². The smallest absolute Gasteiger partial charge is 0.221 e. The molecule has 1 saturated carbocycles. The Labute approximate surface area is 105 Å². The van der Waals surface area contributed by atoms with Crippen LogP contribution in [0.15, 0.2) is 30.9 Å². The number of hydrogen-bond acceptors (Lipinski definition) is 3. The van der Waals surface area contributed by atoms with E-state index in [2.05, 4.69) is 10.1 Å². The third-order valence-electron chi connectivity index (χ3n) is 3.10. The molecule has 0 radical (unpaired) electrons. The van der Waals surface area contributed by atoms with Crippen molar-refractivity contribution in [3.8, 4) is 11.1 Å². The van der Waals surface area contributed by atoms with Gasteiger partial charge in [-0.25, -0.2) is 0 Å². The van der Waals surface area contributed by atoms with Gasteiger partial charge >= 0.3 is 0 Å². The van der Waals surface area contributed by atoms with E-state index in [-0.39, 0.29) is 12.3 Å². The highest BCUT2D eigenvalue weighted by Gasteiger charge is 2.24. The average molecular weight is 242 g/mol. The molecule has 5 heteroatoms. The van der Waals surface area contributed by atoms with Crippen molar-refractivity contribution in [1.82, 2.24) is 14.8 Å². The van der Waals surface area contributed by atoms with Gasteiger partial charge in [0.25, 0.3) is 0 Å². The number of rotatable bonds is 4. The second-order valence-corrected chi connectivity index (χ2v) is 4.62. The minimum atomic E-state index is -0.348. The van der Waals surface area contributed by atoms with Crippen LogP contribution in [-0.4, -0.2) is 20.7 Å². The molecule has 2 aromatic heterocycles. The van der Waals surface area contributed by atoms with Crippen molar-refractivity contribution in [2.45, 2.75) is 25.3 Å². The third kappa shape index (κ3) is 2.11. The second kappa shape index (κ2) is 4.25.